The lowest BCUT2D eigenvalue weighted by atomic mass is 10.1. The number of allylic oxidation sites excluding steroid dienone is 1. The number of nitrogens with two attached hydrogens (primary N) is 2. The fourth-order valence-electron chi connectivity index (χ4n) is 2.52. The quantitative estimate of drug-likeness (QED) is 0.373. The second-order valence-corrected chi connectivity index (χ2v) is 5.61. The van der Waals surface area contributed by atoms with Crippen LogP contribution in [0, 0.1) is 6.92 Å². The van der Waals surface area contributed by atoms with Crippen molar-refractivity contribution in [3.63, 3.8) is 0 Å². The lowest BCUT2D eigenvalue weighted by Gasteiger charge is -2.11. The molecule has 0 radical (unpaired) electrons. The summed E-state index contributed by atoms with van der Waals surface area (Å²) in [5.41, 5.74) is 9.84. The average molecular weight is 285 g/mol. The van der Waals surface area contributed by atoms with Gasteiger partial charge in [-0.2, -0.15) is 0 Å². The van der Waals surface area contributed by atoms with E-state index in [1.54, 1.807) is 0 Å². The van der Waals surface area contributed by atoms with Gasteiger partial charge in [0.15, 0.2) is 6.29 Å². The molecule has 0 amide bonds. The molecule has 0 bridgehead atoms. The van der Waals surface area contributed by atoms with Crippen LogP contribution in [-0.2, 0) is 11.3 Å². The molecule has 6 heteroatoms. The lowest BCUT2D eigenvalue weighted by Crippen LogP contribution is -2.26. The van der Waals surface area contributed by atoms with Crippen LogP contribution in [0.5, 0.6) is 0 Å². The molecular weight excluding hydrogens is 266 g/mol. The van der Waals surface area contributed by atoms with Crippen LogP contribution in [0.4, 0.5) is 0 Å². The molecule has 4 N–H and O–H groups in total. The van der Waals surface area contributed by atoms with Crippen molar-refractivity contribution >= 4 is 11.9 Å². The first-order chi connectivity index (χ1) is 10.1. The van der Waals surface area contributed by atoms with Gasteiger partial charge in [-0.1, -0.05) is 6.07 Å². The number of hydrogen-bond acceptors (Lipinski definition) is 5. The maximum Gasteiger partial charge on any atom is 0.167 e. The number of imidazole rings is 1. The number of carbonyl (C=O) groups excluding carboxylic acids is 1. The van der Waals surface area contributed by atoms with Crippen molar-refractivity contribution in [2.45, 2.75) is 32.2 Å². The third-order valence-electron chi connectivity index (χ3n) is 3.65. The van der Waals surface area contributed by atoms with Gasteiger partial charge >= 0.3 is 0 Å². The normalized spacial score (nSPS) is 15.4. The van der Waals surface area contributed by atoms with Crippen molar-refractivity contribution in [1.29, 1.82) is 0 Å². The minimum atomic E-state index is 0.0912. The highest BCUT2D eigenvalue weighted by molar-refractivity contribution is 5.71. The summed E-state index contributed by atoms with van der Waals surface area (Å²) in [6.07, 6.45) is 8.64. The van der Waals surface area contributed by atoms with E-state index in [4.69, 9.17) is 11.6 Å². The second-order valence-electron chi connectivity index (χ2n) is 5.61. The smallest absolute Gasteiger partial charge is 0.167 e. The molecule has 0 aromatic carbocycles. The van der Waals surface area contributed by atoms with E-state index in [-0.39, 0.29) is 5.70 Å². The Labute approximate surface area is 123 Å². The highest BCUT2D eigenvalue weighted by Gasteiger charge is 2.24. The van der Waals surface area contributed by atoms with Crippen molar-refractivity contribution in [3.8, 4) is 0 Å². The molecule has 0 saturated heterocycles. The van der Waals surface area contributed by atoms with Crippen molar-refractivity contribution in [1.82, 2.24) is 14.4 Å². The van der Waals surface area contributed by atoms with E-state index in [1.807, 2.05) is 6.20 Å². The Hall–Kier alpha value is -2.34. The second kappa shape index (κ2) is 5.21. The van der Waals surface area contributed by atoms with Crippen molar-refractivity contribution in [2.24, 2.45) is 11.6 Å². The predicted octanol–water partition coefficient (Wildman–Crippen LogP) is 1.19. The van der Waals surface area contributed by atoms with Crippen LogP contribution in [-0.4, -0.2) is 20.7 Å². The Kier molecular flexibility index (Phi) is 3.39. The highest BCUT2D eigenvalue weighted by Crippen LogP contribution is 2.40. The largest absolute Gasteiger partial charge is 0.395 e. The standard InChI is InChI=1S/C15H19N5O/c1-10-4-12(11-2-3-11)5-19-7-14(18-15(10)19)8-20(17)6-13(16)9-21/h4-7,9,11H,2-3,8,16-17H2,1H3/b13-6-. The van der Waals surface area contributed by atoms with Crippen LogP contribution in [0.2, 0.25) is 0 Å². The number of rotatable bonds is 5. The summed E-state index contributed by atoms with van der Waals surface area (Å²) < 4.78 is 2.05. The number of fused-ring (bicyclic) bond motifs is 1. The molecule has 0 unspecified atom stereocenters. The van der Waals surface area contributed by atoms with Crippen LogP contribution in [0.1, 0.15) is 35.6 Å². The van der Waals surface area contributed by atoms with Crippen LogP contribution >= 0.6 is 0 Å². The van der Waals surface area contributed by atoms with Gasteiger partial charge in [0.25, 0.3) is 0 Å². The number of aldehydes is 1. The summed E-state index contributed by atoms with van der Waals surface area (Å²) in [6.45, 7) is 2.47. The van der Waals surface area contributed by atoms with Gasteiger partial charge in [0, 0.05) is 18.6 Å². The van der Waals surface area contributed by atoms with Crippen molar-refractivity contribution in [2.75, 3.05) is 0 Å². The summed E-state index contributed by atoms with van der Waals surface area (Å²) in [7, 11) is 0. The van der Waals surface area contributed by atoms with Crippen molar-refractivity contribution < 1.29 is 4.79 Å². The van der Waals surface area contributed by atoms with Crippen LogP contribution in [0.3, 0.4) is 0 Å². The van der Waals surface area contributed by atoms with Gasteiger partial charge in [0.1, 0.15) is 5.65 Å². The summed E-state index contributed by atoms with van der Waals surface area (Å²) in [5.74, 6) is 6.51. The fraction of sp³-hybridized carbons (Fsp3) is 0.333. The fourth-order valence-corrected chi connectivity index (χ4v) is 2.52. The molecule has 21 heavy (non-hydrogen) atoms. The highest BCUT2D eigenvalue weighted by atomic mass is 16.1. The summed E-state index contributed by atoms with van der Waals surface area (Å²) in [4.78, 5) is 15.1. The zero-order valence-electron chi connectivity index (χ0n) is 12.0. The summed E-state index contributed by atoms with van der Waals surface area (Å²) >= 11 is 0. The molecule has 1 aliphatic rings. The maximum atomic E-state index is 10.5. The Bertz CT molecular complexity index is 714. The zero-order chi connectivity index (χ0) is 15.0. The molecule has 2 heterocycles. The number of nitrogens with zero attached hydrogens (tertiary/aromatic N) is 3. The summed E-state index contributed by atoms with van der Waals surface area (Å²) in [6, 6.07) is 2.22. The van der Waals surface area contributed by atoms with Gasteiger partial charge in [-0.3, -0.25) is 4.79 Å². The lowest BCUT2D eigenvalue weighted by molar-refractivity contribution is -0.105. The van der Waals surface area contributed by atoms with Crippen molar-refractivity contribution in [3.05, 3.63) is 47.2 Å². The van der Waals surface area contributed by atoms with E-state index in [0.29, 0.717) is 18.7 Å². The Morgan fingerprint density at radius 2 is 2.29 bits per heavy atom. The summed E-state index contributed by atoms with van der Waals surface area (Å²) in [5, 5.41) is 1.36. The van der Waals surface area contributed by atoms with Crippen LogP contribution < -0.4 is 11.6 Å². The number of carbonyl (C=O) groups is 1. The first-order valence-electron chi connectivity index (χ1n) is 6.98. The molecule has 3 rings (SSSR count). The molecule has 0 atom stereocenters. The molecule has 0 aliphatic heterocycles. The minimum Gasteiger partial charge on any atom is -0.395 e. The molecule has 1 fully saturated rings. The number of hydrogen-bond donors (Lipinski definition) is 2. The zero-order valence-corrected chi connectivity index (χ0v) is 12.0. The van der Waals surface area contributed by atoms with Crippen LogP contribution in [0.15, 0.2) is 30.4 Å². The predicted molar refractivity (Wildman–Crippen MR) is 80.0 cm³/mol. The van der Waals surface area contributed by atoms with Gasteiger partial charge in [0.05, 0.1) is 17.9 Å². The minimum absolute atomic E-state index is 0.0912. The molecule has 1 aliphatic carbocycles. The Morgan fingerprint density at radius 1 is 1.52 bits per heavy atom. The van der Waals surface area contributed by atoms with Gasteiger partial charge in [-0.25, -0.2) is 10.8 Å². The number of hydrazine groups is 1. The van der Waals surface area contributed by atoms with Gasteiger partial charge < -0.3 is 15.1 Å². The van der Waals surface area contributed by atoms with E-state index < -0.39 is 0 Å². The monoisotopic (exact) mass is 285 g/mol. The Morgan fingerprint density at radius 3 is 2.95 bits per heavy atom. The molecule has 110 valence electrons. The van der Waals surface area contributed by atoms with E-state index >= 15 is 0 Å². The number of aryl methyl sites for hydroxylation is 1. The van der Waals surface area contributed by atoms with E-state index in [1.165, 1.54) is 29.6 Å². The Balaban J connectivity index is 1.87. The molecule has 1 saturated carbocycles. The topological polar surface area (TPSA) is 89.6 Å². The molecule has 2 aromatic heterocycles. The van der Waals surface area contributed by atoms with E-state index in [0.717, 1.165) is 16.9 Å². The number of pyridine rings is 1. The third-order valence-corrected chi connectivity index (χ3v) is 3.65. The molecular formula is C15H19N5O. The SMILES string of the molecule is Cc1cc(C2CC2)cn2cc(CN(N)/C=C(\N)C=O)nc12. The van der Waals surface area contributed by atoms with Gasteiger partial charge in [0.2, 0.25) is 0 Å². The third kappa shape index (κ3) is 2.90. The van der Waals surface area contributed by atoms with Gasteiger partial charge in [-0.15, -0.1) is 0 Å². The first-order valence-corrected chi connectivity index (χ1v) is 6.98. The van der Waals surface area contributed by atoms with Gasteiger partial charge in [-0.05, 0) is 36.8 Å². The number of aromatic nitrogens is 2. The van der Waals surface area contributed by atoms with E-state index in [2.05, 4.69) is 28.6 Å². The molecule has 2 aromatic rings. The molecule has 0 spiro atoms. The van der Waals surface area contributed by atoms with Crippen LogP contribution in [0.25, 0.3) is 5.65 Å². The van der Waals surface area contributed by atoms with E-state index in [9.17, 15) is 4.79 Å². The average Bonchev–Trinajstić information content (AvgIpc) is 3.20. The maximum absolute atomic E-state index is 10.5. The molecule has 6 nitrogen and oxygen atoms in total. The first kappa shape index (κ1) is 13.6.